The van der Waals surface area contributed by atoms with Gasteiger partial charge in [-0.2, -0.15) is 0 Å². The lowest BCUT2D eigenvalue weighted by Crippen LogP contribution is -2.55. The lowest BCUT2D eigenvalue weighted by Gasteiger charge is -2.50. The van der Waals surface area contributed by atoms with Gasteiger partial charge < -0.3 is 4.74 Å². The van der Waals surface area contributed by atoms with Crippen molar-refractivity contribution in [2.45, 2.75) is 53.1 Å². The highest BCUT2D eigenvalue weighted by molar-refractivity contribution is 6.52. The second kappa shape index (κ2) is 4.77. The summed E-state index contributed by atoms with van der Waals surface area (Å²) in [5.41, 5.74) is -0.758. The van der Waals surface area contributed by atoms with Crippen LogP contribution < -0.4 is 0 Å². The van der Waals surface area contributed by atoms with Gasteiger partial charge in [-0.15, -0.1) is 0 Å². The van der Waals surface area contributed by atoms with E-state index in [-0.39, 0.29) is 34.2 Å². The summed E-state index contributed by atoms with van der Waals surface area (Å²) in [5, 5.41) is 0. The first-order valence-electron chi connectivity index (χ1n) is 8.93. The van der Waals surface area contributed by atoms with E-state index in [1.807, 2.05) is 27.7 Å². The zero-order chi connectivity index (χ0) is 18.3. The average molecular weight is 342 g/mol. The number of Topliss-reactive ketones (excluding diaryl/α,β-unsaturated/α-hetero) is 3. The highest BCUT2D eigenvalue weighted by atomic mass is 16.6. The van der Waals surface area contributed by atoms with E-state index in [0.717, 1.165) is 12.8 Å². The lowest BCUT2D eigenvalue weighted by atomic mass is 9.48. The molecule has 1 unspecified atom stereocenters. The fraction of sp³-hybridized carbons (Fsp3) is 0.600. The molecule has 0 amide bonds. The highest BCUT2D eigenvalue weighted by Gasteiger charge is 2.71. The van der Waals surface area contributed by atoms with Gasteiger partial charge in [0.1, 0.15) is 5.41 Å². The molecule has 0 radical (unpaired) electrons. The van der Waals surface area contributed by atoms with Crippen LogP contribution in [0.25, 0.3) is 0 Å². The van der Waals surface area contributed by atoms with E-state index in [4.69, 9.17) is 4.74 Å². The van der Waals surface area contributed by atoms with Crippen molar-refractivity contribution in [2.24, 2.45) is 22.7 Å². The van der Waals surface area contributed by atoms with Gasteiger partial charge in [-0.1, -0.05) is 34.1 Å². The number of carbonyl (C=O) groups excluding carboxylic acids is 4. The van der Waals surface area contributed by atoms with Crippen molar-refractivity contribution in [1.29, 1.82) is 0 Å². The van der Waals surface area contributed by atoms with Gasteiger partial charge in [-0.25, -0.2) is 0 Å². The van der Waals surface area contributed by atoms with Crippen LogP contribution in [-0.4, -0.2) is 29.4 Å². The largest absolute Gasteiger partial charge is 0.453 e. The smallest absolute Gasteiger partial charge is 0.317 e. The molecule has 0 spiro atoms. The zero-order valence-corrected chi connectivity index (χ0v) is 15.0. The molecule has 1 saturated carbocycles. The lowest BCUT2D eigenvalue weighted by molar-refractivity contribution is -0.150. The molecule has 0 aromatic heterocycles. The van der Waals surface area contributed by atoms with E-state index in [9.17, 15) is 19.2 Å². The molecule has 4 rings (SSSR count). The molecule has 1 heterocycles. The third kappa shape index (κ3) is 1.79. The Morgan fingerprint density at radius 2 is 1.76 bits per heavy atom. The number of hydrogen-bond donors (Lipinski definition) is 0. The second-order valence-electron chi connectivity index (χ2n) is 8.68. The number of esters is 1. The Labute approximate surface area is 146 Å². The Morgan fingerprint density at radius 1 is 1.08 bits per heavy atom. The molecule has 1 aliphatic heterocycles. The van der Waals surface area contributed by atoms with Crippen molar-refractivity contribution in [2.75, 3.05) is 0 Å². The normalized spacial score (nSPS) is 36.3. The first-order chi connectivity index (χ1) is 11.6. The minimum absolute atomic E-state index is 0.114. The average Bonchev–Trinajstić information content (AvgIpc) is 2.79. The van der Waals surface area contributed by atoms with Gasteiger partial charge in [0.2, 0.25) is 17.3 Å². The van der Waals surface area contributed by atoms with E-state index in [1.165, 1.54) is 0 Å². The van der Waals surface area contributed by atoms with Crippen LogP contribution in [0.3, 0.4) is 0 Å². The predicted octanol–water partition coefficient (Wildman–Crippen LogP) is 2.34. The van der Waals surface area contributed by atoms with E-state index >= 15 is 0 Å². The Kier molecular flexibility index (Phi) is 3.14. The summed E-state index contributed by atoms with van der Waals surface area (Å²) in [5.74, 6) is -2.64. The minimum Gasteiger partial charge on any atom is -0.453 e. The molecule has 1 saturated heterocycles. The number of allylic oxidation sites excluding steroid dienone is 2. The van der Waals surface area contributed by atoms with Crippen LogP contribution in [0.5, 0.6) is 0 Å². The van der Waals surface area contributed by atoms with Gasteiger partial charge >= 0.3 is 5.97 Å². The van der Waals surface area contributed by atoms with Gasteiger partial charge in [-0.05, 0) is 30.3 Å². The molecular weight excluding hydrogens is 320 g/mol. The molecule has 2 fully saturated rings. The molecule has 132 valence electrons. The fourth-order valence-corrected chi connectivity index (χ4v) is 5.45. The quantitative estimate of drug-likeness (QED) is 0.415. The van der Waals surface area contributed by atoms with Crippen molar-refractivity contribution < 1.29 is 23.9 Å². The molecule has 2 bridgehead atoms. The van der Waals surface area contributed by atoms with Gasteiger partial charge in [0, 0.05) is 22.6 Å². The monoisotopic (exact) mass is 342 g/mol. The molecule has 5 nitrogen and oxygen atoms in total. The summed E-state index contributed by atoms with van der Waals surface area (Å²) in [6, 6.07) is 0. The maximum atomic E-state index is 13.1. The standard InChI is InChI=1S/C20H22O5/c1-9(2)10-8-11-12(15(23)13(10)21)20-7-5-6-19(3,4)17(20)16(14(11)22)25-18(20)24/h8-9,16-17H,5-7H2,1-4H3/t16?,17-,20-/m0/s1. The third-order valence-corrected chi connectivity index (χ3v) is 6.52. The van der Waals surface area contributed by atoms with E-state index in [0.29, 0.717) is 12.0 Å². The number of carbonyl (C=O) groups is 4. The fourth-order valence-electron chi connectivity index (χ4n) is 5.45. The van der Waals surface area contributed by atoms with Crippen molar-refractivity contribution in [3.63, 3.8) is 0 Å². The first kappa shape index (κ1) is 16.4. The van der Waals surface area contributed by atoms with Gasteiger partial charge in [-0.3, -0.25) is 19.2 Å². The molecular formula is C20H22O5. The van der Waals surface area contributed by atoms with Gasteiger partial charge in [0.25, 0.3) is 0 Å². The molecule has 3 atom stereocenters. The third-order valence-electron chi connectivity index (χ3n) is 6.52. The molecule has 5 heteroatoms. The van der Waals surface area contributed by atoms with Crippen LogP contribution in [0, 0.1) is 22.7 Å². The van der Waals surface area contributed by atoms with Crippen molar-refractivity contribution in [3.05, 3.63) is 22.8 Å². The molecule has 0 N–H and O–H groups in total. The predicted molar refractivity (Wildman–Crippen MR) is 88.4 cm³/mol. The first-order valence-corrected chi connectivity index (χ1v) is 8.93. The Morgan fingerprint density at radius 3 is 2.40 bits per heavy atom. The molecule has 25 heavy (non-hydrogen) atoms. The SMILES string of the molecule is CC(C)C1=CC2=C(C(=O)C1=O)[C@@]13CCCC(C)(C)[C@@H]1C(OC3=O)C2=O. The van der Waals surface area contributed by atoms with Crippen LogP contribution in [0.1, 0.15) is 47.0 Å². The Balaban J connectivity index is 2.03. The van der Waals surface area contributed by atoms with Crippen molar-refractivity contribution in [1.82, 2.24) is 0 Å². The Bertz CT molecular complexity index is 810. The van der Waals surface area contributed by atoms with E-state index in [2.05, 4.69) is 0 Å². The molecule has 3 aliphatic carbocycles. The molecule has 0 aromatic rings. The maximum Gasteiger partial charge on any atom is 0.317 e. The maximum absolute atomic E-state index is 13.1. The van der Waals surface area contributed by atoms with E-state index < -0.39 is 29.1 Å². The van der Waals surface area contributed by atoms with E-state index in [1.54, 1.807) is 6.08 Å². The topological polar surface area (TPSA) is 77.5 Å². The number of ketones is 3. The summed E-state index contributed by atoms with van der Waals surface area (Å²) in [6.07, 6.45) is 2.79. The second-order valence-corrected chi connectivity index (χ2v) is 8.68. The number of rotatable bonds is 1. The van der Waals surface area contributed by atoms with Crippen LogP contribution in [0.15, 0.2) is 22.8 Å². The summed E-state index contributed by atoms with van der Waals surface area (Å²) < 4.78 is 5.52. The van der Waals surface area contributed by atoms with Crippen molar-refractivity contribution >= 4 is 23.3 Å². The van der Waals surface area contributed by atoms with Crippen LogP contribution in [0.2, 0.25) is 0 Å². The molecule has 4 aliphatic rings. The molecule has 0 aromatic carbocycles. The van der Waals surface area contributed by atoms with Gasteiger partial charge in [0.05, 0.1) is 0 Å². The number of hydrogen-bond acceptors (Lipinski definition) is 5. The zero-order valence-electron chi connectivity index (χ0n) is 15.0. The minimum atomic E-state index is -1.14. The summed E-state index contributed by atoms with van der Waals surface area (Å²) in [7, 11) is 0. The summed E-state index contributed by atoms with van der Waals surface area (Å²) in [6.45, 7) is 7.67. The summed E-state index contributed by atoms with van der Waals surface area (Å²) in [4.78, 5) is 51.6. The van der Waals surface area contributed by atoms with Crippen LogP contribution >= 0.6 is 0 Å². The highest BCUT2D eigenvalue weighted by Crippen LogP contribution is 2.64. The summed E-state index contributed by atoms with van der Waals surface area (Å²) >= 11 is 0. The van der Waals surface area contributed by atoms with Crippen LogP contribution in [-0.2, 0) is 23.9 Å². The van der Waals surface area contributed by atoms with Crippen LogP contribution in [0.4, 0.5) is 0 Å². The Hall–Kier alpha value is -2.04. The van der Waals surface area contributed by atoms with Gasteiger partial charge in [0.15, 0.2) is 6.10 Å². The van der Waals surface area contributed by atoms with Crippen molar-refractivity contribution in [3.8, 4) is 0 Å². The number of ether oxygens (including phenoxy) is 1.